The molecule has 1 aliphatic heterocycles. The zero-order valence-corrected chi connectivity index (χ0v) is 15.7. The predicted molar refractivity (Wildman–Crippen MR) is 106 cm³/mol. The number of anilines is 1. The first-order valence-corrected chi connectivity index (χ1v) is 10.0. The summed E-state index contributed by atoms with van der Waals surface area (Å²) in [6, 6.07) is 8.54. The summed E-state index contributed by atoms with van der Waals surface area (Å²) in [4.78, 5) is 15.3. The Bertz CT molecular complexity index is 848. The molecule has 0 bridgehead atoms. The van der Waals surface area contributed by atoms with E-state index >= 15 is 0 Å². The Kier molecular flexibility index (Phi) is 5.22. The van der Waals surface area contributed by atoms with Gasteiger partial charge in [-0.3, -0.25) is 4.98 Å². The minimum atomic E-state index is 0.288. The first kappa shape index (κ1) is 17.1. The smallest absolute Gasteiger partial charge is 0.163 e. The number of hydrogen-bond acceptors (Lipinski definition) is 6. The van der Waals surface area contributed by atoms with Gasteiger partial charge in [-0.2, -0.15) is 0 Å². The molecule has 26 heavy (non-hydrogen) atoms. The Hall–Kier alpha value is -2.31. The molecule has 0 aromatic carbocycles. The van der Waals surface area contributed by atoms with E-state index in [0.717, 1.165) is 55.3 Å². The molecule has 4 heterocycles. The number of nitrogens with one attached hydrogen (secondary N) is 2. The average molecular weight is 366 g/mol. The first-order chi connectivity index (χ1) is 12.8. The fraction of sp³-hybridized carbons (Fsp3) is 0.350. The van der Waals surface area contributed by atoms with E-state index in [0.29, 0.717) is 0 Å². The number of fused-ring (bicyclic) bond motifs is 1. The molecular formula is C20H23N5S. The highest BCUT2D eigenvalue weighted by atomic mass is 32.1. The van der Waals surface area contributed by atoms with Crippen LogP contribution in [0.4, 0.5) is 5.82 Å². The Labute approximate surface area is 157 Å². The van der Waals surface area contributed by atoms with E-state index in [1.165, 1.54) is 10.4 Å². The van der Waals surface area contributed by atoms with Gasteiger partial charge >= 0.3 is 0 Å². The molecule has 0 radical (unpaired) electrons. The molecule has 134 valence electrons. The van der Waals surface area contributed by atoms with Crippen LogP contribution in [0.2, 0.25) is 0 Å². The number of pyridine rings is 1. The third kappa shape index (κ3) is 3.61. The van der Waals surface area contributed by atoms with Crippen molar-refractivity contribution in [1.29, 1.82) is 0 Å². The van der Waals surface area contributed by atoms with E-state index in [9.17, 15) is 0 Å². The molecule has 0 saturated heterocycles. The molecule has 2 N–H and O–H groups in total. The van der Waals surface area contributed by atoms with E-state index < -0.39 is 0 Å². The molecule has 0 spiro atoms. The van der Waals surface area contributed by atoms with Crippen molar-refractivity contribution >= 4 is 17.2 Å². The summed E-state index contributed by atoms with van der Waals surface area (Å²) < 4.78 is 0. The van der Waals surface area contributed by atoms with E-state index in [2.05, 4.69) is 40.1 Å². The zero-order valence-electron chi connectivity index (χ0n) is 14.9. The Morgan fingerprint density at radius 3 is 3.00 bits per heavy atom. The summed E-state index contributed by atoms with van der Waals surface area (Å²) in [5.74, 6) is 1.71. The minimum Gasteiger partial charge on any atom is -0.362 e. The van der Waals surface area contributed by atoms with Gasteiger partial charge in [-0.25, -0.2) is 9.97 Å². The maximum absolute atomic E-state index is 4.90. The van der Waals surface area contributed by atoms with Crippen molar-refractivity contribution in [1.82, 2.24) is 20.3 Å². The van der Waals surface area contributed by atoms with E-state index in [-0.39, 0.29) is 6.04 Å². The van der Waals surface area contributed by atoms with Crippen LogP contribution in [0.25, 0.3) is 11.4 Å². The highest BCUT2D eigenvalue weighted by Crippen LogP contribution is 2.31. The summed E-state index contributed by atoms with van der Waals surface area (Å²) in [6.45, 7) is 3.98. The SMILES string of the molecule is CCCC(Nc1nc(-c2cccnc2)nc2c1CCNC2)c1cccs1. The van der Waals surface area contributed by atoms with Gasteiger partial charge < -0.3 is 10.6 Å². The molecule has 1 unspecified atom stereocenters. The van der Waals surface area contributed by atoms with E-state index in [4.69, 9.17) is 9.97 Å². The Morgan fingerprint density at radius 1 is 1.27 bits per heavy atom. The largest absolute Gasteiger partial charge is 0.362 e. The maximum Gasteiger partial charge on any atom is 0.163 e. The summed E-state index contributed by atoms with van der Waals surface area (Å²) in [7, 11) is 0. The van der Waals surface area contributed by atoms with Crippen LogP contribution in [-0.4, -0.2) is 21.5 Å². The molecular weight excluding hydrogens is 342 g/mol. The van der Waals surface area contributed by atoms with Gasteiger partial charge in [0.15, 0.2) is 5.82 Å². The van der Waals surface area contributed by atoms with Gasteiger partial charge in [0.1, 0.15) is 5.82 Å². The van der Waals surface area contributed by atoms with Crippen LogP contribution in [0.1, 0.15) is 41.9 Å². The predicted octanol–water partition coefficient (Wildman–Crippen LogP) is 4.20. The van der Waals surface area contributed by atoms with Gasteiger partial charge in [0.05, 0.1) is 11.7 Å². The molecule has 0 aliphatic carbocycles. The van der Waals surface area contributed by atoms with Crippen LogP contribution >= 0.6 is 11.3 Å². The minimum absolute atomic E-state index is 0.288. The van der Waals surface area contributed by atoms with Crippen molar-refractivity contribution in [3.8, 4) is 11.4 Å². The second-order valence-corrected chi connectivity index (χ2v) is 7.47. The molecule has 6 heteroatoms. The van der Waals surface area contributed by atoms with Crippen molar-refractivity contribution in [2.75, 3.05) is 11.9 Å². The van der Waals surface area contributed by atoms with Crippen LogP contribution in [0.3, 0.4) is 0 Å². The molecule has 1 atom stereocenters. The second-order valence-electron chi connectivity index (χ2n) is 6.49. The third-order valence-electron chi connectivity index (χ3n) is 4.63. The molecule has 1 aliphatic rings. The van der Waals surface area contributed by atoms with Crippen LogP contribution in [0, 0.1) is 0 Å². The fourth-order valence-electron chi connectivity index (χ4n) is 3.33. The molecule has 3 aromatic rings. The summed E-state index contributed by atoms with van der Waals surface area (Å²) >= 11 is 1.80. The lowest BCUT2D eigenvalue weighted by Gasteiger charge is -2.24. The van der Waals surface area contributed by atoms with Crippen LogP contribution in [0.15, 0.2) is 42.0 Å². The van der Waals surface area contributed by atoms with Gasteiger partial charge in [-0.1, -0.05) is 19.4 Å². The molecule has 5 nitrogen and oxygen atoms in total. The third-order valence-corrected chi connectivity index (χ3v) is 5.62. The normalized spacial score (nSPS) is 14.7. The highest BCUT2D eigenvalue weighted by Gasteiger charge is 2.21. The molecule has 0 fully saturated rings. The van der Waals surface area contributed by atoms with Crippen molar-refractivity contribution in [3.05, 3.63) is 58.2 Å². The standard InChI is InChI=1S/C20H23N5S/c1-2-5-16(18-7-4-11-26-18)23-20-15-8-10-22-13-17(15)24-19(25-20)14-6-3-9-21-12-14/h3-4,6-7,9,11-12,16,22H,2,5,8,10,13H2,1H3,(H,23,24,25). The monoisotopic (exact) mass is 365 g/mol. The first-order valence-electron chi connectivity index (χ1n) is 9.16. The van der Waals surface area contributed by atoms with E-state index in [1.807, 2.05) is 18.3 Å². The van der Waals surface area contributed by atoms with Crippen LogP contribution in [0.5, 0.6) is 0 Å². The topological polar surface area (TPSA) is 62.7 Å². The molecule has 0 amide bonds. The number of aromatic nitrogens is 3. The average Bonchev–Trinajstić information content (AvgIpc) is 3.23. The number of hydrogen-bond donors (Lipinski definition) is 2. The lowest BCUT2D eigenvalue weighted by Crippen LogP contribution is -2.27. The molecule has 0 saturated carbocycles. The summed E-state index contributed by atoms with van der Waals surface area (Å²) in [5.41, 5.74) is 3.29. The second kappa shape index (κ2) is 7.93. The lowest BCUT2D eigenvalue weighted by atomic mass is 10.0. The zero-order chi connectivity index (χ0) is 17.8. The maximum atomic E-state index is 4.90. The summed E-state index contributed by atoms with van der Waals surface area (Å²) in [6.07, 6.45) is 6.76. The van der Waals surface area contributed by atoms with Crippen LogP contribution < -0.4 is 10.6 Å². The lowest BCUT2D eigenvalue weighted by molar-refractivity contribution is 0.620. The van der Waals surface area contributed by atoms with Crippen molar-refractivity contribution in [2.45, 2.75) is 38.8 Å². The fourth-order valence-corrected chi connectivity index (χ4v) is 4.14. The Balaban J connectivity index is 1.74. The van der Waals surface area contributed by atoms with Crippen LogP contribution in [-0.2, 0) is 13.0 Å². The molecule has 4 rings (SSSR count). The number of nitrogens with zero attached hydrogens (tertiary/aromatic N) is 3. The highest BCUT2D eigenvalue weighted by molar-refractivity contribution is 7.10. The van der Waals surface area contributed by atoms with Gasteiger partial charge in [-0.15, -0.1) is 11.3 Å². The van der Waals surface area contributed by atoms with Gasteiger partial charge in [0.2, 0.25) is 0 Å². The van der Waals surface area contributed by atoms with Crippen molar-refractivity contribution < 1.29 is 0 Å². The number of rotatable bonds is 6. The number of thiophene rings is 1. The quantitative estimate of drug-likeness (QED) is 0.685. The summed E-state index contributed by atoms with van der Waals surface area (Å²) in [5, 5.41) is 9.29. The van der Waals surface area contributed by atoms with Gasteiger partial charge in [0, 0.05) is 34.9 Å². The molecule has 3 aromatic heterocycles. The van der Waals surface area contributed by atoms with E-state index in [1.54, 1.807) is 17.5 Å². The van der Waals surface area contributed by atoms with Crippen molar-refractivity contribution in [3.63, 3.8) is 0 Å². The van der Waals surface area contributed by atoms with Gasteiger partial charge in [-0.05, 0) is 43.0 Å². The van der Waals surface area contributed by atoms with Crippen molar-refractivity contribution in [2.24, 2.45) is 0 Å². The van der Waals surface area contributed by atoms with Gasteiger partial charge in [0.25, 0.3) is 0 Å². The Morgan fingerprint density at radius 2 is 2.23 bits per heavy atom.